The van der Waals surface area contributed by atoms with E-state index in [0.29, 0.717) is 26.1 Å². The average Bonchev–Trinajstić information content (AvgIpc) is 2.46. The lowest BCUT2D eigenvalue weighted by molar-refractivity contribution is -0.0734. The summed E-state index contributed by atoms with van der Waals surface area (Å²) in [6.45, 7) is 1.14. The number of carboxylic acids is 1. The molecule has 1 aliphatic rings. The van der Waals surface area contributed by atoms with E-state index >= 15 is 0 Å². The van der Waals surface area contributed by atoms with Gasteiger partial charge in [-0.15, -0.1) is 0 Å². The molecule has 7 nitrogen and oxygen atoms in total. The van der Waals surface area contributed by atoms with Gasteiger partial charge in [-0.1, -0.05) is 0 Å². The zero-order valence-corrected chi connectivity index (χ0v) is 11.8. The molecule has 0 spiro atoms. The largest absolute Gasteiger partial charge is 0.478 e. The third kappa shape index (κ3) is 3.77. The number of hydrogen-bond donors (Lipinski definition) is 2. The number of aromatic carboxylic acids is 1. The van der Waals surface area contributed by atoms with Crippen molar-refractivity contribution in [3.63, 3.8) is 0 Å². The molecule has 114 valence electrons. The maximum absolute atomic E-state index is 12.2. The van der Waals surface area contributed by atoms with Gasteiger partial charge in [-0.3, -0.25) is 9.78 Å². The van der Waals surface area contributed by atoms with E-state index in [1.807, 2.05) is 0 Å². The number of rotatable bonds is 4. The molecule has 7 heteroatoms. The van der Waals surface area contributed by atoms with Crippen molar-refractivity contribution in [1.82, 2.24) is 9.88 Å². The zero-order chi connectivity index (χ0) is 15.5. The maximum atomic E-state index is 12.2. The Kier molecular flexibility index (Phi) is 4.54. The lowest BCUT2D eigenvalue weighted by Gasteiger charge is -2.35. The molecule has 1 amide bonds. The summed E-state index contributed by atoms with van der Waals surface area (Å²) in [4.78, 5) is 28.2. The fourth-order valence-electron chi connectivity index (χ4n) is 2.27. The normalized spacial score (nSPS) is 17.2. The molecule has 2 rings (SSSR count). The van der Waals surface area contributed by atoms with Crippen molar-refractivity contribution >= 4 is 11.9 Å². The number of ether oxygens (including phenoxy) is 1. The van der Waals surface area contributed by atoms with E-state index in [0.717, 1.165) is 6.20 Å². The van der Waals surface area contributed by atoms with Crippen molar-refractivity contribution in [2.75, 3.05) is 26.8 Å². The van der Waals surface area contributed by atoms with Crippen LogP contribution >= 0.6 is 0 Å². The standard InChI is InChI=1S/C14H18N2O5/c1-16(9-14(20)4-6-21-7-5-14)12(17)11-3-2-10(8-15-11)13(18)19/h2-3,8,20H,4-7,9H2,1H3,(H,18,19). The van der Waals surface area contributed by atoms with Crippen molar-refractivity contribution in [3.05, 3.63) is 29.6 Å². The molecule has 0 radical (unpaired) electrons. The fraction of sp³-hybridized carbons (Fsp3) is 0.500. The topological polar surface area (TPSA) is 100.0 Å². The van der Waals surface area contributed by atoms with Crippen molar-refractivity contribution in [1.29, 1.82) is 0 Å². The van der Waals surface area contributed by atoms with Gasteiger partial charge in [0, 0.05) is 45.8 Å². The summed E-state index contributed by atoms with van der Waals surface area (Å²) in [6.07, 6.45) is 2.11. The number of likely N-dealkylation sites (N-methyl/N-ethyl adjacent to an activating group) is 1. The molecule has 1 aliphatic heterocycles. The van der Waals surface area contributed by atoms with Gasteiger partial charge in [-0.2, -0.15) is 0 Å². The van der Waals surface area contributed by atoms with Crippen LogP contribution in [0.25, 0.3) is 0 Å². The second-order valence-electron chi connectivity index (χ2n) is 5.24. The van der Waals surface area contributed by atoms with Crippen molar-refractivity contribution in [3.8, 4) is 0 Å². The molecule has 1 aromatic heterocycles. The number of hydrogen-bond acceptors (Lipinski definition) is 5. The van der Waals surface area contributed by atoms with E-state index < -0.39 is 11.6 Å². The Morgan fingerprint density at radius 1 is 1.38 bits per heavy atom. The first-order valence-electron chi connectivity index (χ1n) is 6.66. The first-order chi connectivity index (χ1) is 9.91. The second kappa shape index (κ2) is 6.19. The van der Waals surface area contributed by atoms with Gasteiger partial charge >= 0.3 is 5.97 Å². The van der Waals surface area contributed by atoms with E-state index in [4.69, 9.17) is 9.84 Å². The Hall–Kier alpha value is -1.99. The second-order valence-corrected chi connectivity index (χ2v) is 5.24. The van der Waals surface area contributed by atoms with Gasteiger partial charge in [0.15, 0.2) is 0 Å². The Bertz CT molecular complexity index is 523. The monoisotopic (exact) mass is 294 g/mol. The molecule has 0 aromatic carbocycles. The lowest BCUT2D eigenvalue weighted by atomic mass is 9.94. The molecular weight excluding hydrogens is 276 g/mol. The number of carbonyl (C=O) groups is 2. The molecule has 1 aromatic rings. The number of amides is 1. The average molecular weight is 294 g/mol. The molecule has 2 heterocycles. The summed E-state index contributed by atoms with van der Waals surface area (Å²) in [7, 11) is 1.59. The van der Waals surface area contributed by atoms with Crippen LogP contribution in [0.15, 0.2) is 18.3 Å². The number of nitrogens with zero attached hydrogens (tertiary/aromatic N) is 2. The highest BCUT2D eigenvalue weighted by Crippen LogP contribution is 2.21. The van der Waals surface area contributed by atoms with Crippen LogP contribution in [-0.4, -0.2) is 64.4 Å². The maximum Gasteiger partial charge on any atom is 0.337 e. The molecule has 21 heavy (non-hydrogen) atoms. The zero-order valence-electron chi connectivity index (χ0n) is 11.8. The highest BCUT2D eigenvalue weighted by atomic mass is 16.5. The Morgan fingerprint density at radius 2 is 2.05 bits per heavy atom. The van der Waals surface area contributed by atoms with Crippen LogP contribution in [0.3, 0.4) is 0 Å². The Morgan fingerprint density at radius 3 is 2.57 bits per heavy atom. The van der Waals surface area contributed by atoms with Gasteiger partial charge in [-0.05, 0) is 12.1 Å². The van der Waals surface area contributed by atoms with Gasteiger partial charge in [0.2, 0.25) is 0 Å². The molecule has 1 fully saturated rings. The third-order valence-electron chi connectivity index (χ3n) is 3.53. The third-order valence-corrected chi connectivity index (χ3v) is 3.53. The molecule has 2 N–H and O–H groups in total. The van der Waals surface area contributed by atoms with Crippen LogP contribution in [-0.2, 0) is 4.74 Å². The quantitative estimate of drug-likeness (QED) is 0.833. The van der Waals surface area contributed by atoms with Gasteiger partial charge in [0.05, 0.1) is 11.2 Å². The SMILES string of the molecule is CN(CC1(O)CCOCC1)C(=O)c1ccc(C(=O)O)cn1. The Labute approximate surface area is 122 Å². The molecular formula is C14H18N2O5. The summed E-state index contributed by atoms with van der Waals surface area (Å²) >= 11 is 0. The predicted octanol–water partition coefficient (Wildman–Crippen LogP) is 0.393. The number of carboxylic acid groups (broad SMARTS) is 1. The fourth-order valence-corrected chi connectivity index (χ4v) is 2.27. The highest BCUT2D eigenvalue weighted by Gasteiger charge is 2.32. The van der Waals surface area contributed by atoms with Crippen LogP contribution in [0, 0.1) is 0 Å². The van der Waals surface area contributed by atoms with Crippen LogP contribution in [0.4, 0.5) is 0 Å². The van der Waals surface area contributed by atoms with Crippen molar-refractivity contribution < 1.29 is 24.5 Å². The summed E-state index contributed by atoms with van der Waals surface area (Å²) in [5.74, 6) is -1.45. The number of aliphatic hydroxyl groups is 1. The lowest BCUT2D eigenvalue weighted by Crippen LogP contribution is -2.47. The summed E-state index contributed by atoms with van der Waals surface area (Å²) in [5, 5.41) is 19.2. The first-order valence-corrected chi connectivity index (χ1v) is 6.66. The summed E-state index contributed by atoms with van der Waals surface area (Å²) in [6, 6.07) is 2.70. The van der Waals surface area contributed by atoms with E-state index in [-0.39, 0.29) is 23.7 Å². The van der Waals surface area contributed by atoms with Crippen molar-refractivity contribution in [2.24, 2.45) is 0 Å². The first kappa shape index (κ1) is 15.4. The predicted molar refractivity (Wildman–Crippen MR) is 73.2 cm³/mol. The molecule has 0 bridgehead atoms. The smallest absolute Gasteiger partial charge is 0.337 e. The van der Waals surface area contributed by atoms with Crippen LogP contribution in [0.5, 0.6) is 0 Å². The minimum Gasteiger partial charge on any atom is -0.478 e. The van der Waals surface area contributed by atoms with E-state index in [1.165, 1.54) is 17.0 Å². The van der Waals surface area contributed by atoms with Gasteiger partial charge in [0.1, 0.15) is 5.69 Å². The minimum atomic E-state index is -1.09. The van der Waals surface area contributed by atoms with Crippen LogP contribution in [0.2, 0.25) is 0 Å². The molecule has 0 saturated carbocycles. The van der Waals surface area contributed by atoms with Gasteiger partial charge in [0.25, 0.3) is 5.91 Å². The Balaban J connectivity index is 2.03. The van der Waals surface area contributed by atoms with E-state index in [9.17, 15) is 14.7 Å². The summed E-state index contributed by atoms with van der Waals surface area (Å²) in [5.41, 5.74) is -0.764. The van der Waals surface area contributed by atoms with Crippen LogP contribution in [0.1, 0.15) is 33.7 Å². The van der Waals surface area contributed by atoms with Crippen LogP contribution < -0.4 is 0 Å². The minimum absolute atomic E-state index is 0.0252. The molecule has 0 aliphatic carbocycles. The number of pyridine rings is 1. The van der Waals surface area contributed by atoms with E-state index in [2.05, 4.69) is 4.98 Å². The molecule has 0 atom stereocenters. The number of aromatic nitrogens is 1. The van der Waals surface area contributed by atoms with Gasteiger partial charge in [-0.25, -0.2) is 4.79 Å². The van der Waals surface area contributed by atoms with E-state index in [1.54, 1.807) is 7.05 Å². The summed E-state index contributed by atoms with van der Waals surface area (Å²) < 4.78 is 5.20. The molecule has 1 saturated heterocycles. The highest BCUT2D eigenvalue weighted by molar-refractivity contribution is 5.93. The van der Waals surface area contributed by atoms with Crippen molar-refractivity contribution in [2.45, 2.75) is 18.4 Å². The van der Waals surface area contributed by atoms with Gasteiger partial charge < -0.3 is 19.8 Å². The number of carbonyl (C=O) groups excluding carboxylic acids is 1. The molecule has 0 unspecified atom stereocenters.